The van der Waals surface area contributed by atoms with Crippen LogP contribution in [-0.2, 0) is 13.0 Å². The summed E-state index contributed by atoms with van der Waals surface area (Å²) in [4.78, 5) is 16.0. The van der Waals surface area contributed by atoms with Crippen LogP contribution in [0.25, 0.3) is 5.69 Å². The van der Waals surface area contributed by atoms with E-state index in [-0.39, 0.29) is 11.9 Å². The number of carbonyl (C=O) groups is 1. The Labute approximate surface area is 187 Å². The molecule has 0 spiro atoms. The normalized spacial score (nSPS) is 14.9. The molecule has 4 heteroatoms. The van der Waals surface area contributed by atoms with Crippen molar-refractivity contribution in [3.63, 3.8) is 0 Å². The van der Waals surface area contributed by atoms with Crippen molar-refractivity contribution in [3.8, 4) is 5.69 Å². The van der Waals surface area contributed by atoms with E-state index in [4.69, 9.17) is 11.6 Å². The molecular weight excluding hydrogens is 404 g/mol. The SMILES string of the molecule is O=C(c1ccccc1-n1cccc1)N(Cc1ccc(Cl)cc1)C1CCc2ccccc21. The minimum Gasteiger partial charge on any atom is -0.327 e. The summed E-state index contributed by atoms with van der Waals surface area (Å²) in [6.07, 6.45) is 5.87. The summed E-state index contributed by atoms with van der Waals surface area (Å²) >= 11 is 6.10. The van der Waals surface area contributed by atoms with E-state index >= 15 is 0 Å². The summed E-state index contributed by atoms with van der Waals surface area (Å²) in [5, 5.41) is 0.700. The Bertz CT molecular complexity index is 1200. The van der Waals surface area contributed by atoms with E-state index in [9.17, 15) is 4.79 Å². The smallest absolute Gasteiger partial charge is 0.256 e. The van der Waals surface area contributed by atoms with E-state index in [1.165, 1.54) is 11.1 Å². The topological polar surface area (TPSA) is 25.2 Å². The lowest BCUT2D eigenvalue weighted by atomic mass is 10.0. The first kappa shape index (κ1) is 19.7. The molecule has 4 aromatic rings. The van der Waals surface area contributed by atoms with Gasteiger partial charge in [-0.05, 0) is 65.9 Å². The lowest BCUT2D eigenvalue weighted by Crippen LogP contribution is -2.34. The Morgan fingerprint density at radius 2 is 1.61 bits per heavy atom. The van der Waals surface area contributed by atoms with Gasteiger partial charge in [0.15, 0.2) is 0 Å². The zero-order valence-electron chi connectivity index (χ0n) is 17.1. The Hall–Kier alpha value is -3.30. The molecule has 154 valence electrons. The number of hydrogen-bond donors (Lipinski definition) is 0. The van der Waals surface area contributed by atoms with Crippen molar-refractivity contribution in [1.29, 1.82) is 0 Å². The van der Waals surface area contributed by atoms with Crippen LogP contribution >= 0.6 is 11.6 Å². The van der Waals surface area contributed by atoms with Crippen LogP contribution < -0.4 is 0 Å². The van der Waals surface area contributed by atoms with Crippen LogP contribution in [0.2, 0.25) is 5.02 Å². The number of amides is 1. The van der Waals surface area contributed by atoms with E-state index in [1.807, 2.05) is 82.5 Å². The molecule has 1 atom stereocenters. The van der Waals surface area contributed by atoms with Crippen LogP contribution in [0.5, 0.6) is 0 Å². The predicted octanol–water partition coefficient (Wildman–Crippen LogP) is 6.46. The van der Waals surface area contributed by atoms with Gasteiger partial charge in [0.2, 0.25) is 0 Å². The van der Waals surface area contributed by atoms with Crippen LogP contribution in [0.1, 0.15) is 39.5 Å². The molecule has 1 unspecified atom stereocenters. The molecule has 0 saturated carbocycles. The Morgan fingerprint density at radius 3 is 2.42 bits per heavy atom. The van der Waals surface area contributed by atoms with Gasteiger partial charge in [0.1, 0.15) is 0 Å². The van der Waals surface area contributed by atoms with Crippen molar-refractivity contribution < 1.29 is 4.79 Å². The number of halogens is 1. The molecule has 1 aliphatic carbocycles. The maximum absolute atomic E-state index is 14.0. The molecular formula is C27H23ClN2O. The number of fused-ring (bicyclic) bond motifs is 1. The number of aryl methyl sites for hydroxylation is 1. The fraction of sp³-hybridized carbons (Fsp3) is 0.148. The maximum Gasteiger partial charge on any atom is 0.256 e. The molecule has 1 aromatic heterocycles. The van der Waals surface area contributed by atoms with Gasteiger partial charge in [0, 0.05) is 24.0 Å². The van der Waals surface area contributed by atoms with Gasteiger partial charge in [-0.3, -0.25) is 4.79 Å². The number of aromatic nitrogens is 1. The van der Waals surface area contributed by atoms with Crippen LogP contribution in [0.15, 0.2) is 97.3 Å². The molecule has 0 saturated heterocycles. The van der Waals surface area contributed by atoms with Crippen LogP contribution in [-0.4, -0.2) is 15.4 Å². The standard InChI is InChI=1S/C27H23ClN2O/c28-22-14-11-20(12-15-22)19-30(26-16-13-21-7-1-2-8-23(21)26)27(31)24-9-3-4-10-25(24)29-17-5-6-18-29/h1-12,14-15,17-18,26H,13,16,19H2. The highest BCUT2D eigenvalue weighted by Gasteiger charge is 2.32. The van der Waals surface area contributed by atoms with E-state index in [1.54, 1.807) is 0 Å². The summed E-state index contributed by atoms with van der Waals surface area (Å²) in [5.41, 5.74) is 5.26. The minimum absolute atomic E-state index is 0.0425. The maximum atomic E-state index is 14.0. The number of rotatable bonds is 5. The molecule has 0 aliphatic heterocycles. The molecule has 31 heavy (non-hydrogen) atoms. The second kappa shape index (κ2) is 8.44. The first-order valence-electron chi connectivity index (χ1n) is 10.6. The van der Waals surface area contributed by atoms with E-state index in [2.05, 4.69) is 24.3 Å². The molecule has 1 aliphatic rings. The molecule has 1 amide bonds. The molecule has 0 fully saturated rings. The number of carbonyl (C=O) groups excluding carboxylic acids is 1. The van der Waals surface area contributed by atoms with E-state index < -0.39 is 0 Å². The summed E-state index contributed by atoms with van der Waals surface area (Å²) in [6, 6.07) is 28.1. The fourth-order valence-electron chi connectivity index (χ4n) is 4.50. The third-order valence-electron chi connectivity index (χ3n) is 6.02. The molecule has 3 nitrogen and oxygen atoms in total. The predicted molar refractivity (Wildman–Crippen MR) is 125 cm³/mol. The molecule has 3 aromatic carbocycles. The highest BCUT2D eigenvalue weighted by molar-refractivity contribution is 6.30. The second-order valence-corrected chi connectivity index (χ2v) is 8.36. The zero-order chi connectivity index (χ0) is 21.2. The quantitative estimate of drug-likeness (QED) is 0.359. The highest BCUT2D eigenvalue weighted by atomic mass is 35.5. The van der Waals surface area contributed by atoms with Crippen LogP contribution in [0.4, 0.5) is 0 Å². The van der Waals surface area contributed by atoms with Gasteiger partial charge in [-0.15, -0.1) is 0 Å². The van der Waals surface area contributed by atoms with Gasteiger partial charge in [-0.1, -0.05) is 60.1 Å². The van der Waals surface area contributed by atoms with Crippen LogP contribution in [0.3, 0.4) is 0 Å². The molecule has 1 heterocycles. The molecule has 0 N–H and O–H groups in total. The molecule has 0 bridgehead atoms. The average molecular weight is 427 g/mol. The molecule has 0 radical (unpaired) electrons. The van der Waals surface area contributed by atoms with Gasteiger partial charge in [-0.25, -0.2) is 0 Å². The van der Waals surface area contributed by atoms with Crippen molar-refractivity contribution in [2.45, 2.75) is 25.4 Å². The number of hydrogen-bond acceptors (Lipinski definition) is 1. The monoisotopic (exact) mass is 426 g/mol. The second-order valence-electron chi connectivity index (χ2n) is 7.92. The van der Waals surface area contributed by atoms with Gasteiger partial charge in [0.05, 0.1) is 17.3 Å². The third kappa shape index (κ3) is 3.89. The lowest BCUT2D eigenvalue weighted by molar-refractivity contribution is 0.0658. The van der Waals surface area contributed by atoms with Crippen molar-refractivity contribution in [1.82, 2.24) is 9.47 Å². The summed E-state index contributed by atoms with van der Waals surface area (Å²) in [6.45, 7) is 0.537. The van der Waals surface area contributed by atoms with E-state index in [0.29, 0.717) is 17.1 Å². The first-order chi connectivity index (χ1) is 15.2. The number of benzene rings is 3. The van der Waals surface area contributed by atoms with Crippen molar-refractivity contribution >= 4 is 17.5 Å². The Kier molecular flexibility index (Phi) is 5.35. The average Bonchev–Trinajstić information content (AvgIpc) is 3.49. The lowest BCUT2D eigenvalue weighted by Gasteiger charge is -2.31. The number of nitrogens with zero attached hydrogens (tertiary/aromatic N) is 2. The van der Waals surface area contributed by atoms with E-state index in [0.717, 1.165) is 24.1 Å². The van der Waals surface area contributed by atoms with Gasteiger partial charge >= 0.3 is 0 Å². The van der Waals surface area contributed by atoms with Crippen LogP contribution in [0, 0.1) is 0 Å². The third-order valence-corrected chi connectivity index (χ3v) is 6.27. The van der Waals surface area contributed by atoms with Gasteiger partial charge < -0.3 is 9.47 Å². The van der Waals surface area contributed by atoms with Gasteiger partial charge in [0.25, 0.3) is 5.91 Å². The van der Waals surface area contributed by atoms with Crippen molar-refractivity contribution in [2.24, 2.45) is 0 Å². The Balaban J connectivity index is 1.56. The van der Waals surface area contributed by atoms with Gasteiger partial charge in [-0.2, -0.15) is 0 Å². The first-order valence-corrected chi connectivity index (χ1v) is 10.9. The summed E-state index contributed by atoms with van der Waals surface area (Å²) in [5.74, 6) is 0.0425. The largest absolute Gasteiger partial charge is 0.327 e. The fourth-order valence-corrected chi connectivity index (χ4v) is 4.62. The Morgan fingerprint density at radius 1 is 0.903 bits per heavy atom. The highest BCUT2D eigenvalue weighted by Crippen LogP contribution is 2.37. The van der Waals surface area contributed by atoms with Crippen molar-refractivity contribution in [3.05, 3.63) is 125 Å². The summed E-state index contributed by atoms with van der Waals surface area (Å²) < 4.78 is 2.00. The number of para-hydroxylation sites is 1. The zero-order valence-corrected chi connectivity index (χ0v) is 17.9. The summed E-state index contributed by atoms with van der Waals surface area (Å²) in [7, 11) is 0. The minimum atomic E-state index is 0.0425. The van der Waals surface area contributed by atoms with Crippen molar-refractivity contribution in [2.75, 3.05) is 0 Å². The molecule has 5 rings (SSSR count).